The number of hydrogen-bond donors (Lipinski definition) is 2. The van der Waals surface area contributed by atoms with Gasteiger partial charge in [-0.05, 0) is 48.4 Å². The van der Waals surface area contributed by atoms with Crippen LogP contribution in [0.5, 0.6) is 0 Å². The number of amides is 1. The summed E-state index contributed by atoms with van der Waals surface area (Å²) in [4.78, 5) is 30.0. The first-order chi connectivity index (χ1) is 15.7. The van der Waals surface area contributed by atoms with Crippen molar-refractivity contribution in [1.29, 1.82) is 0 Å². The molecule has 0 aliphatic carbocycles. The normalized spacial score (nSPS) is 10.9. The number of anilines is 1. The van der Waals surface area contributed by atoms with Crippen LogP contribution in [0.25, 0.3) is 10.9 Å². The molecule has 32 heavy (non-hydrogen) atoms. The molecule has 1 heterocycles. The lowest BCUT2D eigenvalue weighted by Gasteiger charge is -2.13. The zero-order valence-electron chi connectivity index (χ0n) is 17.4. The van der Waals surface area contributed by atoms with Gasteiger partial charge in [-0.3, -0.25) is 14.2 Å². The van der Waals surface area contributed by atoms with E-state index in [4.69, 9.17) is 0 Å². The number of para-hydroxylation sites is 2. The molecule has 0 atom stereocenters. The summed E-state index contributed by atoms with van der Waals surface area (Å²) in [6.07, 6.45) is 0.485. The van der Waals surface area contributed by atoms with E-state index in [1.165, 1.54) is 11.8 Å². The van der Waals surface area contributed by atoms with Crippen LogP contribution in [0.15, 0.2) is 88.8 Å². The minimum Gasteiger partial charge on any atom is -0.396 e. The average Bonchev–Trinajstić information content (AvgIpc) is 2.83. The number of aliphatic hydroxyl groups is 1. The van der Waals surface area contributed by atoms with Gasteiger partial charge in [0.15, 0.2) is 5.16 Å². The molecular formula is C25H23N3O3S. The topological polar surface area (TPSA) is 84.2 Å². The van der Waals surface area contributed by atoms with Crippen LogP contribution >= 0.6 is 11.8 Å². The Morgan fingerprint density at radius 3 is 2.44 bits per heavy atom. The highest BCUT2D eigenvalue weighted by Gasteiger charge is 2.12. The zero-order valence-corrected chi connectivity index (χ0v) is 18.2. The van der Waals surface area contributed by atoms with Gasteiger partial charge >= 0.3 is 0 Å². The largest absolute Gasteiger partial charge is 0.396 e. The van der Waals surface area contributed by atoms with Crippen molar-refractivity contribution < 1.29 is 9.90 Å². The molecule has 0 saturated heterocycles. The summed E-state index contributed by atoms with van der Waals surface area (Å²) >= 11 is 1.47. The summed E-state index contributed by atoms with van der Waals surface area (Å²) in [7, 11) is 0. The smallest absolute Gasteiger partial charge is 0.262 e. The molecule has 0 spiro atoms. The molecule has 1 amide bonds. The third kappa shape index (κ3) is 5.07. The summed E-state index contributed by atoms with van der Waals surface area (Å²) in [6, 6.07) is 24.0. The number of thioether (sulfide) groups is 1. The van der Waals surface area contributed by atoms with Crippen LogP contribution in [-0.4, -0.2) is 27.2 Å². The number of hydrogen-bond acceptors (Lipinski definition) is 5. The number of rotatable bonds is 8. The summed E-state index contributed by atoms with van der Waals surface area (Å²) in [5.74, 6) is 0.439. The molecule has 1 aromatic heterocycles. The lowest BCUT2D eigenvalue weighted by molar-refractivity contribution is 0.102. The summed E-state index contributed by atoms with van der Waals surface area (Å²) in [5.41, 5.74) is 2.90. The summed E-state index contributed by atoms with van der Waals surface area (Å²) < 4.78 is 1.63. The van der Waals surface area contributed by atoms with Crippen molar-refractivity contribution in [2.45, 2.75) is 23.9 Å². The van der Waals surface area contributed by atoms with Crippen LogP contribution in [0.4, 0.5) is 5.69 Å². The molecule has 3 aromatic carbocycles. The highest BCUT2D eigenvalue weighted by Crippen LogP contribution is 2.23. The number of nitrogens with zero attached hydrogens (tertiary/aromatic N) is 2. The third-order valence-electron chi connectivity index (χ3n) is 4.98. The first-order valence-electron chi connectivity index (χ1n) is 10.3. The third-order valence-corrected chi connectivity index (χ3v) is 6.03. The van der Waals surface area contributed by atoms with Gasteiger partial charge in [-0.15, -0.1) is 0 Å². The van der Waals surface area contributed by atoms with Gasteiger partial charge in [0.25, 0.3) is 11.5 Å². The Bertz CT molecular complexity index is 1270. The Hall–Kier alpha value is -3.42. The Labute approximate surface area is 189 Å². The average molecular weight is 446 g/mol. The van der Waals surface area contributed by atoms with Gasteiger partial charge in [0.1, 0.15) is 0 Å². The molecular weight excluding hydrogens is 422 g/mol. The Kier molecular flexibility index (Phi) is 6.99. The molecule has 0 radical (unpaired) electrons. The Morgan fingerprint density at radius 1 is 0.969 bits per heavy atom. The Balaban J connectivity index is 1.49. The van der Waals surface area contributed by atoms with E-state index in [9.17, 15) is 14.7 Å². The Morgan fingerprint density at radius 2 is 1.69 bits per heavy atom. The number of aromatic nitrogens is 2. The maximum absolute atomic E-state index is 12.9. The maximum atomic E-state index is 12.9. The number of carbonyl (C=O) groups excluding carboxylic acids is 1. The highest BCUT2D eigenvalue weighted by atomic mass is 32.2. The van der Waals surface area contributed by atoms with Crippen molar-refractivity contribution in [1.82, 2.24) is 9.55 Å². The quantitative estimate of drug-likeness (QED) is 0.312. The molecule has 0 saturated carbocycles. The fraction of sp³-hybridized carbons (Fsp3) is 0.160. The summed E-state index contributed by atoms with van der Waals surface area (Å²) in [6.45, 7) is 0.421. The molecule has 0 fully saturated rings. The van der Waals surface area contributed by atoms with Gasteiger partial charge in [-0.25, -0.2) is 4.98 Å². The van der Waals surface area contributed by atoms with E-state index in [-0.39, 0.29) is 18.1 Å². The van der Waals surface area contributed by atoms with Crippen LogP contribution in [-0.2, 0) is 12.3 Å². The number of nitrogens with one attached hydrogen (secondary N) is 1. The van der Waals surface area contributed by atoms with Gasteiger partial charge in [0.2, 0.25) is 0 Å². The molecule has 7 heteroatoms. The van der Waals surface area contributed by atoms with Crippen LogP contribution < -0.4 is 10.9 Å². The second-order valence-corrected chi connectivity index (χ2v) is 8.19. The highest BCUT2D eigenvalue weighted by molar-refractivity contribution is 7.98. The predicted octanol–water partition coefficient (Wildman–Crippen LogP) is 4.32. The molecule has 0 aliphatic heterocycles. The minimum atomic E-state index is -0.163. The molecule has 162 valence electrons. The molecule has 0 aliphatic rings. The molecule has 6 nitrogen and oxygen atoms in total. The van der Waals surface area contributed by atoms with Crippen molar-refractivity contribution in [2.24, 2.45) is 0 Å². The van der Waals surface area contributed by atoms with Crippen LogP contribution in [0.2, 0.25) is 0 Å². The van der Waals surface area contributed by atoms with Gasteiger partial charge in [-0.2, -0.15) is 0 Å². The second kappa shape index (κ2) is 10.3. The van der Waals surface area contributed by atoms with E-state index in [1.54, 1.807) is 22.8 Å². The van der Waals surface area contributed by atoms with E-state index in [0.29, 0.717) is 40.3 Å². The van der Waals surface area contributed by atoms with E-state index >= 15 is 0 Å². The van der Waals surface area contributed by atoms with Crippen molar-refractivity contribution in [3.05, 3.63) is 100 Å². The van der Waals surface area contributed by atoms with Crippen molar-refractivity contribution >= 4 is 34.3 Å². The first kappa shape index (κ1) is 21.8. The molecule has 0 unspecified atom stereocenters. The molecule has 2 N–H and O–H groups in total. The number of carbonyl (C=O) groups is 1. The first-order valence-corrected chi connectivity index (χ1v) is 11.3. The predicted molar refractivity (Wildman–Crippen MR) is 128 cm³/mol. The monoisotopic (exact) mass is 445 g/mol. The van der Waals surface area contributed by atoms with Crippen molar-refractivity contribution in [3.63, 3.8) is 0 Å². The number of fused-ring (bicyclic) bond motifs is 1. The minimum absolute atomic E-state index is 0.00980. The number of benzene rings is 3. The lowest BCUT2D eigenvalue weighted by atomic mass is 10.1. The van der Waals surface area contributed by atoms with E-state index < -0.39 is 0 Å². The second-order valence-electron chi connectivity index (χ2n) is 7.25. The lowest BCUT2D eigenvalue weighted by Crippen LogP contribution is -2.24. The molecule has 4 rings (SSSR count). The standard InChI is InChI=1S/C25H23N3O3S/c29-16-6-15-28-24(31)21-9-4-5-10-22(21)27-25(28)32-17-18-11-13-19(14-12-18)23(30)26-20-7-2-1-3-8-20/h1-5,7-14,29H,6,15-17H2,(H,26,30). The van der Waals surface area contributed by atoms with Crippen molar-refractivity contribution in [2.75, 3.05) is 11.9 Å². The number of aliphatic hydroxyl groups excluding tert-OH is 1. The fourth-order valence-corrected chi connectivity index (χ4v) is 4.29. The molecule has 4 aromatic rings. The van der Waals surface area contributed by atoms with Crippen LogP contribution in [0.1, 0.15) is 22.3 Å². The van der Waals surface area contributed by atoms with E-state index in [0.717, 1.165) is 11.3 Å². The maximum Gasteiger partial charge on any atom is 0.262 e. The van der Waals surface area contributed by atoms with Crippen molar-refractivity contribution in [3.8, 4) is 0 Å². The van der Waals surface area contributed by atoms with Crippen LogP contribution in [0, 0.1) is 0 Å². The SMILES string of the molecule is O=C(Nc1ccccc1)c1ccc(CSc2nc3ccccc3c(=O)n2CCCO)cc1. The molecule has 0 bridgehead atoms. The van der Waals surface area contributed by atoms with Gasteiger partial charge in [0, 0.05) is 30.2 Å². The fourth-order valence-electron chi connectivity index (χ4n) is 3.31. The van der Waals surface area contributed by atoms with E-state index in [1.807, 2.05) is 60.7 Å². The zero-order chi connectivity index (χ0) is 22.3. The van der Waals surface area contributed by atoms with Gasteiger partial charge in [0.05, 0.1) is 10.9 Å². The van der Waals surface area contributed by atoms with Gasteiger partial charge < -0.3 is 10.4 Å². The van der Waals surface area contributed by atoms with Gasteiger partial charge in [-0.1, -0.05) is 54.2 Å². The summed E-state index contributed by atoms with van der Waals surface area (Å²) in [5, 5.41) is 13.3. The van der Waals surface area contributed by atoms with Crippen LogP contribution in [0.3, 0.4) is 0 Å². The van der Waals surface area contributed by atoms with E-state index in [2.05, 4.69) is 10.3 Å².